The summed E-state index contributed by atoms with van der Waals surface area (Å²) >= 11 is 0. The van der Waals surface area contributed by atoms with E-state index in [1.165, 1.54) is 0 Å². The van der Waals surface area contributed by atoms with Gasteiger partial charge in [-0.05, 0) is 17.9 Å². The number of carboxylic acids is 1. The number of hydrogen-bond donors (Lipinski definition) is 3. The van der Waals surface area contributed by atoms with Gasteiger partial charge >= 0.3 is 6.09 Å². The van der Waals surface area contributed by atoms with Crippen LogP contribution in [-0.2, 0) is 25.7 Å². The predicted octanol–water partition coefficient (Wildman–Crippen LogP) is -0.562. The Kier molecular flexibility index (Phi) is 8.77. The number of rotatable bonds is 10. The molecule has 0 aliphatic carbocycles. The lowest BCUT2D eigenvalue weighted by Gasteiger charge is -2.26. The summed E-state index contributed by atoms with van der Waals surface area (Å²) < 4.78 is 5.04. The van der Waals surface area contributed by atoms with Crippen LogP contribution in [0.25, 0.3) is 0 Å². The quantitative estimate of drug-likeness (QED) is 0.496. The molecule has 0 spiro atoms. The van der Waals surface area contributed by atoms with E-state index in [0.717, 1.165) is 5.56 Å². The maximum atomic E-state index is 12.4. The van der Waals surface area contributed by atoms with Crippen LogP contribution in [0, 0.1) is 5.92 Å². The molecule has 0 aliphatic rings. The number of primary amides is 1. The van der Waals surface area contributed by atoms with Crippen molar-refractivity contribution in [3.05, 3.63) is 35.9 Å². The first-order chi connectivity index (χ1) is 12.7. The maximum absolute atomic E-state index is 12.4. The van der Waals surface area contributed by atoms with Crippen molar-refractivity contribution in [3.63, 3.8) is 0 Å². The molecule has 4 N–H and O–H groups in total. The average molecular weight is 378 g/mol. The molecule has 0 bridgehead atoms. The van der Waals surface area contributed by atoms with E-state index >= 15 is 0 Å². The van der Waals surface area contributed by atoms with E-state index in [-0.39, 0.29) is 19.4 Å². The van der Waals surface area contributed by atoms with Gasteiger partial charge < -0.3 is 31.0 Å². The molecule has 9 nitrogen and oxygen atoms in total. The molecule has 0 aromatic heterocycles. The Morgan fingerprint density at radius 2 is 1.74 bits per heavy atom. The zero-order valence-corrected chi connectivity index (χ0v) is 15.3. The number of alkyl carbamates (subject to hydrolysis) is 1. The van der Waals surface area contributed by atoms with Crippen molar-refractivity contribution in [1.29, 1.82) is 0 Å². The van der Waals surface area contributed by atoms with Gasteiger partial charge in [0.1, 0.15) is 12.6 Å². The summed E-state index contributed by atoms with van der Waals surface area (Å²) in [7, 11) is 0. The number of carbonyl (C=O) groups is 4. The van der Waals surface area contributed by atoms with Crippen LogP contribution >= 0.6 is 0 Å². The van der Waals surface area contributed by atoms with E-state index in [4.69, 9.17) is 10.5 Å². The van der Waals surface area contributed by atoms with E-state index in [0.29, 0.717) is 0 Å². The Bertz CT molecular complexity index is 662. The van der Waals surface area contributed by atoms with Crippen molar-refractivity contribution in [2.75, 3.05) is 0 Å². The smallest absolute Gasteiger partial charge is 0.408 e. The van der Waals surface area contributed by atoms with Crippen molar-refractivity contribution in [2.24, 2.45) is 11.7 Å². The SMILES string of the molecule is CC(C)[C@@H](NC(=O)[C@@H](CCC(N)=O)NC(=O)OCc1ccccc1)C(=O)[O-]. The second-order valence-electron chi connectivity index (χ2n) is 6.31. The first-order valence-electron chi connectivity index (χ1n) is 8.47. The van der Waals surface area contributed by atoms with Crippen LogP contribution < -0.4 is 21.5 Å². The summed E-state index contributed by atoms with van der Waals surface area (Å²) in [6, 6.07) is 6.49. The van der Waals surface area contributed by atoms with Gasteiger partial charge in [0.2, 0.25) is 11.8 Å². The molecule has 148 valence electrons. The van der Waals surface area contributed by atoms with Gasteiger partial charge in [0.05, 0.1) is 12.0 Å². The van der Waals surface area contributed by atoms with Crippen LogP contribution in [0.3, 0.4) is 0 Å². The highest BCUT2D eigenvalue weighted by atomic mass is 16.5. The van der Waals surface area contributed by atoms with Crippen LogP contribution in [0.5, 0.6) is 0 Å². The standard InChI is InChI=1S/C18H25N3O6/c1-11(2)15(17(24)25)21-16(23)13(8-9-14(19)22)20-18(26)27-10-12-6-4-3-5-7-12/h3-7,11,13,15H,8-10H2,1-2H3,(H2,19,22)(H,20,26)(H,21,23)(H,24,25)/p-1/t13-,15-/m1/s1. The molecule has 0 unspecified atom stereocenters. The van der Waals surface area contributed by atoms with E-state index in [2.05, 4.69) is 10.6 Å². The zero-order valence-electron chi connectivity index (χ0n) is 15.3. The third kappa shape index (κ3) is 8.21. The molecule has 0 saturated heterocycles. The largest absolute Gasteiger partial charge is 0.548 e. The van der Waals surface area contributed by atoms with E-state index < -0.39 is 41.9 Å². The van der Waals surface area contributed by atoms with Gasteiger partial charge in [-0.15, -0.1) is 0 Å². The van der Waals surface area contributed by atoms with Crippen molar-refractivity contribution in [2.45, 2.75) is 45.4 Å². The summed E-state index contributed by atoms with van der Waals surface area (Å²) in [5, 5.41) is 15.8. The van der Waals surface area contributed by atoms with E-state index in [1.807, 2.05) is 6.07 Å². The topological polar surface area (TPSA) is 151 Å². The fourth-order valence-electron chi connectivity index (χ4n) is 2.21. The second kappa shape index (κ2) is 10.8. The number of hydrogen-bond acceptors (Lipinski definition) is 6. The van der Waals surface area contributed by atoms with Crippen molar-refractivity contribution < 1.29 is 29.0 Å². The number of nitrogens with one attached hydrogen (secondary N) is 2. The van der Waals surface area contributed by atoms with Gasteiger partial charge in [-0.2, -0.15) is 0 Å². The number of amides is 3. The Morgan fingerprint density at radius 1 is 1.11 bits per heavy atom. The van der Waals surface area contributed by atoms with Crippen molar-refractivity contribution in [3.8, 4) is 0 Å². The van der Waals surface area contributed by atoms with Gasteiger partial charge in [0.15, 0.2) is 0 Å². The zero-order chi connectivity index (χ0) is 20.4. The minimum absolute atomic E-state index is 0.00943. The minimum atomic E-state index is -1.45. The summed E-state index contributed by atoms with van der Waals surface area (Å²) in [6.45, 7) is 3.19. The fraction of sp³-hybridized carbons (Fsp3) is 0.444. The number of aliphatic carboxylic acids is 1. The van der Waals surface area contributed by atoms with Crippen molar-refractivity contribution in [1.82, 2.24) is 10.6 Å². The van der Waals surface area contributed by atoms with Crippen molar-refractivity contribution >= 4 is 23.9 Å². The molecule has 27 heavy (non-hydrogen) atoms. The Labute approximate surface area is 157 Å². The molecule has 9 heteroatoms. The van der Waals surface area contributed by atoms with Gasteiger partial charge in [-0.25, -0.2) is 4.79 Å². The Hall–Kier alpha value is -3.10. The number of ether oxygens (including phenoxy) is 1. The highest BCUT2D eigenvalue weighted by Crippen LogP contribution is 2.05. The molecular formula is C18H24N3O6-. The monoisotopic (exact) mass is 378 g/mol. The maximum Gasteiger partial charge on any atom is 0.408 e. The lowest BCUT2D eigenvalue weighted by atomic mass is 10.0. The summed E-state index contributed by atoms with van der Waals surface area (Å²) in [4.78, 5) is 46.5. The molecule has 1 rings (SSSR count). The third-order valence-electron chi connectivity index (χ3n) is 3.72. The lowest BCUT2D eigenvalue weighted by Crippen LogP contribution is -2.56. The Morgan fingerprint density at radius 3 is 2.26 bits per heavy atom. The number of carboxylic acid groups (broad SMARTS) is 1. The normalized spacial score (nSPS) is 12.7. The van der Waals surface area contributed by atoms with Crippen LogP contribution in [0.2, 0.25) is 0 Å². The molecule has 2 atom stereocenters. The highest BCUT2D eigenvalue weighted by molar-refractivity contribution is 5.89. The number of carbonyl (C=O) groups excluding carboxylic acids is 4. The first kappa shape index (κ1) is 21.9. The number of nitrogens with two attached hydrogens (primary N) is 1. The molecule has 0 aliphatic heterocycles. The van der Waals surface area contributed by atoms with E-state index in [1.54, 1.807) is 38.1 Å². The summed E-state index contributed by atoms with van der Waals surface area (Å²) in [5.74, 6) is -3.30. The minimum Gasteiger partial charge on any atom is -0.548 e. The molecule has 3 amide bonds. The van der Waals surface area contributed by atoms with Crippen LogP contribution in [-0.4, -0.2) is 36.0 Å². The average Bonchev–Trinajstić information content (AvgIpc) is 2.61. The molecule has 0 radical (unpaired) electrons. The number of benzene rings is 1. The second-order valence-corrected chi connectivity index (χ2v) is 6.31. The van der Waals surface area contributed by atoms with Gasteiger partial charge in [-0.1, -0.05) is 44.2 Å². The van der Waals surface area contributed by atoms with Crippen LogP contribution in [0.1, 0.15) is 32.3 Å². The third-order valence-corrected chi connectivity index (χ3v) is 3.72. The molecular weight excluding hydrogens is 354 g/mol. The Balaban J connectivity index is 2.71. The molecule has 1 aromatic rings. The lowest BCUT2D eigenvalue weighted by molar-refractivity contribution is -0.309. The van der Waals surface area contributed by atoms with Gasteiger partial charge in [-0.3, -0.25) is 9.59 Å². The fourth-order valence-corrected chi connectivity index (χ4v) is 2.21. The first-order valence-corrected chi connectivity index (χ1v) is 8.47. The summed E-state index contributed by atoms with van der Waals surface area (Å²) in [5.41, 5.74) is 5.84. The molecule has 0 fully saturated rings. The van der Waals surface area contributed by atoms with Gasteiger partial charge in [0, 0.05) is 6.42 Å². The van der Waals surface area contributed by atoms with Crippen LogP contribution in [0.4, 0.5) is 4.79 Å². The van der Waals surface area contributed by atoms with Crippen LogP contribution in [0.15, 0.2) is 30.3 Å². The highest BCUT2D eigenvalue weighted by Gasteiger charge is 2.26. The summed E-state index contributed by atoms with van der Waals surface area (Å²) in [6.07, 6.45) is -1.15. The predicted molar refractivity (Wildman–Crippen MR) is 93.8 cm³/mol. The van der Waals surface area contributed by atoms with Gasteiger partial charge in [0.25, 0.3) is 0 Å². The molecule has 0 saturated carbocycles. The van der Waals surface area contributed by atoms with E-state index in [9.17, 15) is 24.3 Å². The molecule has 0 heterocycles. The molecule has 1 aromatic carbocycles.